The number of aromatic nitrogens is 1. The van der Waals surface area contributed by atoms with Gasteiger partial charge in [-0.2, -0.15) is 0 Å². The molecule has 0 aliphatic carbocycles. The van der Waals surface area contributed by atoms with Gasteiger partial charge in [-0.15, -0.1) is 0 Å². The molecular weight excluding hydrogens is 244 g/mol. The van der Waals surface area contributed by atoms with Crippen LogP contribution in [0.25, 0.3) is 0 Å². The van der Waals surface area contributed by atoms with Gasteiger partial charge in [-0.3, -0.25) is 9.78 Å². The molecular formula is C14H22N2O3. The van der Waals surface area contributed by atoms with Gasteiger partial charge < -0.3 is 15.2 Å². The van der Waals surface area contributed by atoms with E-state index in [0.717, 1.165) is 0 Å². The summed E-state index contributed by atoms with van der Waals surface area (Å²) in [6.45, 7) is 5.29. The maximum absolute atomic E-state index is 11.0. The molecule has 106 valence electrons. The first-order valence-corrected chi connectivity index (χ1v) is 6.32. The Morgan fingerprint density at radius 1 is 1.47 bits per heavy atom. The normalized spacial score (nSPS) is 13.1. The minimum atomic E-state index is -0.722. The van der Waals surface area contributed by atoms with Crippen molar-refractivity contribution >= 4 is 5.97 Å². The third-order valence-electron chi connectivity index (χ3n) is 3.04. The lowest BCUT2D eigenvalue weighted by Gasteiger charge is -2.26. The Morgan fingerprint density at radius 3 is 2.68 bits per heavy atom. The Balaban J connectivity index is 2.38. The van der Waals surface area contributed by atoms with Crippen molar-refractivity contribution in [1.29, 1.82) is 0 Å². The Labute approximate surface area is 114 Å². The van der Waals surface area contributed by atoms with E-state index in [4.69, 9.17) is 0 Å². The number of aliphatic hydroxyl groups is 1. The first-order chi connectivity index (χ1) is 8.95. The SMILES string of the molecule is COC(=O)CC(O)CNCC(C)(C)c1ccncc1. The molecule has 0 saturated carbocycles. The van der Waals surface area contributed by atoms with Crippen LogP contribution in [0.15, 0.2) is 24.5 Å². The van der Waals surface area contributed by atoms with Crippen molar-refractivity contribution < 1.29 is 14.6 Å². The second kappa shape index (κ2) is 7.21. The molecule has 2 N–H and O–H groups in total. The summed E-state index contributed by atoms with van der Waals surface area (Å²) in [4.78, 5) is 15.0. The van der Waals surface area contributed by atoms with Gasteiger partial charge in [0.25, 0.3) is 0 Å². The largest absolute Gasteiger partial charge is 0.469 e. The molecule has 1 unspecified atom stereocenters. The highest BCUT2D eigenvalue weighted by Crippen LogP contribution is 2.21. The average Bonchev–Trinajstić information content (AvgIpc) is 2.39. The van der Waals surface area contributed by atoms with Crippen molar-refractivity contribution in [2.75, 3.05) is 20.2 Å². The number of ether oxygens (including phenoxy) is 1. The molecule has 1 aromatic heterocycles. The summed E-state index contributed by atoms with van der Waals surface area (Å²) in [5, 5.41) is 12.8. The van der Waals surface area contributed by atoms with E-state index in [0.29, 0.717) is 13.1 Å². The van der Waals surface area contributed by atoms with Gasteiger partial charge in [-0.1, -0.05) is 13.8 Å². The molecule has 0 saturated heterocycles. The smallest absolute Gasteiger partial charge is 0.308 e. The maximum atomic E-state index is 11.0. The van der Waals surface area contributed by atoms with Crippen LogP contribution in [0.4, 0.5) is 0 Å². The first kappa shape index (κ1) is 15.6. The van der Waals surface area contributed by atoms with Crippen LogP contribution < -0.4 is 5.32 Å². The van der Waals surface area contributed by atoms with Crippen LogP contribution in [0.1, 0.15) is 25.8 Å². The summed E-state index contributed by atoms with van der Waals surface area (Å²) < 4.78 is 4.50. The van der Waals surface area contributed by atoms with Gasteiger partial charge in [-0.25, -0.2) is 0 Å². The molecule has 1 atom stereocenters. The van der Waals surface area contributed by atoms with Crippen molar-refractivity contribution in [1.82, 2.24) is 10.3 Å². The molecule has 0 aliphatic heterocycles. The standard InChI is InChI=1S/C14H22N2O3/c1-14(2,11-4-6-15-7-5-11)10-16-9-12(17)8-13(18)19-3/h4-7,12,16-17H,8-10H2,1-3H3. The Hall–Kier alpha value is -1.46. The molecule has 1 heterocycles. The molecule has 0 radical (unpaired) electrons. The van der Waals surface area contributed by atoms with E-state index in [2.05, 4.69) is 28.9 Å². The van der Waals surface area contributed by atoms with Crippen molar-refractivity contribution in [3.63, 3.8) is 0 Å². The Bertz CT molecular complexity index is 393. The van der Waals surface area contributed by atoms with Crippen LogP contribution in [0, 0.1) is 0 Å². The van der Waals surface area contributed by atoms with Crippen LogP contribution >= 0.6 is 0 Å². The lowest BCUT2D eigenvalue weighted by Crippen LogP contribution is -2.37. The number of nitrogens with zero attached hydrogens (tertiary/aromatic N) is 1. The Morgan fingerprint density at radius 2 is 2.11 bits per heavy atom. The number of carbonyl (C=O) groups excluding carboxylic acids is 1. The Kier molecular flexibility index (Phi) is 5.92. The van der Waals surface area contributed by atoms with Crippen LogP contribution in [0.5, 0.6) is 0 Å². The molecule has 5 heteroatoms. The highest BCUT2D eigenvalue weighted by molar-refractivity contribution is 5.69. The predicted octanol–water partition coefficient (Wildman–Crippen LogP) is 0.873. The highest BCUT2D eigenvalue weighted by atomic mass is 16.5. The van der Waals surface area contributed by atoms with Crippen molar-refractivity contribution in [3.05, 3.63) is 30.1 Å². The summed E-state index contributed by atoms with van der Waals surface area (Å²) >= 11 is 0. The van der Waals surface area contributed by atoms with E-state index in [1.807, 2.05) is 12.1 Å². The molecule has 1 aromatic rings. The van der Waals surface area contributed by atoms with E-state index < -0.39 is 12.1 Å². The van der Waals surface area contributed by atoms with Gasteiger partial charge in [0.15, 0.2) is 0 Å². The zero-order chi connectivity index (χ0) is 14.3. The van der Waals surface area contributed by atoms with Crippen LogP contribution in [0.3, 0.4) is 0 Å². The molecule has 0 aliphatic rings. The number of esters is 1. The molecule has 1 rings (SSSR count). The van der Waals surface area contributed by atoms with E-state index in [9.17, 15) is 9.90 Å². The molecule has 0 aromatic carbocycles. The second-order valence-electron chi connectivity index (χ2n) is 5.18. The maximum Gasteiger partial charge on any atom is 0.308 e. The van der Waals surface area contributed by atoms with E-state index in [1.54, 1.807) is 12.4 Å². The van der Waals surface area contributed by atoms with Gasteiger partial charge in [0, 0.05) is 30.9 Å². The number of rotatable bonds is 7. The molecule has 0 spiro atoms. The fraction of sp³-hybridized carbons (Fsp3) is 0.571. The van der Waals surface area contributed by atoms with Crippen molar-refractivity contribution in [2.45, 2.75) is 31.8 Å². The second-order valence-corrected chi connectivity index (χ2v) is 5.18. The quantitative estimate of drug-likeness (QED) is 0.717. The number of nitrogens with one attached hydrogen (secondary N) is 1. The number of carbonyl (C=O) groups is 1. The van der Waals surface area contributed by atoms with E-state index >= 15 is 0 Å². The minimum absolute atomic E-state index is 0.0131. The number of pyridine rings is 1. The molecule has 0 fully saturated rings. The molecule has 0 amide bonds. The lowest BCUT2D eigenvalue weighted by atomic mass is 9.85. The average molecular weight is 266 g/mol. The molecule has 19 heavy (non-hydrogen) atoms. The summed E-state index contributed by atoms with van der Waals surface area (Å²) in [6, 6.07) is 3.96. The summed E-state index contributed by atoms with van der Waals surface area (Å²) in [6.07, 6.45) is 2.83. The van der Waals surface area contributed by atoms with Gasteiger partial charge in [0.05, 0.1) is 19.6 Å². The topological polar surface area (TPSA) is 71.5 Å². The van der Waals surface area contributed by atoms with E-state index in [-0.39, 0.29) is 11.8 Å². The number of methoxy groups -OCH3 is 1. The number of hydrogen-bond donors (Lipinski definition) is 2. The minimum Gasteiger partial charge on any atom is -0.469 e. The third-order valence-corrected chi connectivity index (χ3v) is 3.04. The van der Waals surface area contributed by atoms with Gasteiger partial charge >= 0.3 is 5.97 Å². The lowest BCUT2D eigenvalue weighted by molar-refractivity contribution is -0.142. The summed E-state index contributed by atoms with van der Waals surface area (Å²) in [7, 11) is 1.31. The van der Waals surface area contributed by atoms with Gasteiger partial charge in [-0.05, 0) is 17.7 Å². The fourth-order valence-electron chi connectivity index (χ4n) is 1.80. The van der Waals surface area contributed by atoms with Crippen molar-refractivity contribution in [3.8, 4) is 0 Å². The zero-order valence-corrected chi connectivity index (χ0v) is 11.7. The molecule has 5 nitrogen and oxygen atoms in total. The zero-order valence-electron chi connectivity index (χ0n) is 11.7. The monoisotopic (exact) mass is 266 g/mol. The van der Waals surface area contributed by atoms with Crippen LogP contribution in [0.2, 0.25) is 0 Å². The first-order valence-electron chi connectivity index (χ1n) is 6.32. The highest BCUT2D eigenvalue weighted by Gasteiger charge is 2.20. The van der Waals surface area contributed by atoms with E-state index in [1.165, 1.54) is 12.7 Å². The molecule has 0 bridgehead atoms. The summed E-state index contributed by atoms with van der Waals surface area (Å²) in [5.74, 6) is -0.400. The van der Waals surface area contributed by atoms with Crippen molar-refractivity contribution in [2.24, 2.45) is 0 Å². The third kappa shape index (κ3) is 5.36. The van der Waals surface area contributed by atoms with Crippen LogP contribution in [-0.4, -0.2) is 42.4 Å². The number of aliphatic hydroxyl groups excluding tert-OH is 1. The van der Waals surface area contributed by atoms with Crippen LogP contribution in [-0.2, 0) is 14.9 Å². The predicted molar refractivity (Wildman–Crippen MR) is 72.8 cm³/mol. The number of hydrogen-bond acceptors (Lipinski definition) is 5. The fourth-order valence-corrected chi connectivity index (χ4v) is 1.80. The van der Waals surface area contributed by atoms with Gasteiger partial charge in [0.2, 0.25) is 0 Å². The van der Waals surface area contributed by atoms with Gasteiger partial charge in [0.1, 0.15) is 0 Å². The summed E-state index contributed by atoms with van der Waals surface area (Å²) in [5.41, 5.74) is 1.12.